The van der Waals surface area contributed by atoms with E-state index in [9.17, 15) is 9.59 Å². The Morgan fingerprint density at radius 3 is 2.50 bits per heavy atom. The van der Waals surface area contributed by atoms with Crippen LogP contribution in [0.2, 0.25) is 5.02 Å². The van der Waals surface area contributed by atoms with Gasteiger partial charge in [0.15, 0.2) is 0 Å². The number of nitrogens with zero attached hydrogens (tertiary/aromatic N) is 4. The van der Waals surface area contributed by atoms with Gasteiger partial charge in [0, 0.05) is 42.0 Å². The molecule has 5 rings (SSSR count). The van der Waals surface area contributed by atoms with Crippen molar-refractivity contribution in [3.8, 4) is 16.9 Å². The Bertz CT molecular complexity index is 1530. The number of amides is 1. The molecule has 1 aliphatic rings. The maximum absolute atomic E-state index is 12.9. The van der Waals surface area contributed by atoms with Crippen LogP contribution in [0.5, 0.6) is 0 Å². The molecule has 0 aliphatic carbocycles. The molecular weight excluding hydrogens is 530 g/mol. The maximum Gasteiger partial charge on any atom is 0.410 e. The molecule has 2 unspecified atom stereocenters. The van der Waals surface area contributed by atoms with Gasteiger partial charge in [0.2, 0.25) is 5.95 Å². The van der Waals surface area contributed by atoms with E-state index in [-0.39, 0.29) is 18.6 Å². The van der Waals surface area contributed by atoms with Crippen molar-refractivity contribution >= 4 is 40.5 Å². The van der Waals surface area contributed by atoms with E-state index in [0.29, 0.717) is 29.6 Å². The van der Waals surface area contributed by atoms with Crippen LogP contribution < -0.4 is 5.32 Å². The molecule has 1 aliphatic heterocycles. The summed E-state index contributed by atoms with van der Waals surface area (Å²) in [6, 6.07) is 17.8. The van der Waals surface area contributed by atoms with Crippen LogP contribution >= 0.6 is 11.6 Å². The second-order valence-corrected chi connectivity index (χ2v) is 11.2. The largest absolute Gasteiger partial charge is 0.469 e. The van der Waals surface area contributed by atoms with Gasteiger partial charge in [0.1, 0.15) is 5.60 Å². The topological polar surface area (TPSA) is 98.6 Å². The van der Waals surface area contributed by atoms with Gasteiger partial charge in [-0.3, -0.25) is 4.79 Å². The summed E-state index contributed by atoms with van der Waals surface area (Å²) in [6.07, 6.45) is 3.54. The summed E-state index contributed by atoms with van der Waals surface area (Å²) in [6.45, 7) is 5.95. The number of halogens is 1. The minimum absolute atomic E-state index is 0.214. The zero-order chi connectivity index (χ0) is 28.4. The number of benzene rings is 2. The first-order chi connectivity index (χ1) is 19.1. The van der Waals surface area contributed by atoms with Crippen LogP contribution in [0.4, 0.5) is 10.7 Å². The minimum Gasteiger partial charge on any atom is -0.469 e. The quantitative estimate of drug-likeness (QED) is 0.300. The first kappa shape index (κ1) is 27.5. The van der Waals surface area contributed by atoms with Crippen molar-refractivity contribution in [1.82, 2.24) is 19.4 Å². The number of fused-ring (bicyclic) bond motifs is 1. The lowest BCUT2D eigenvalue weighted by Crippen LogP contribution is -2.52. The second kappa shape index (κ2) is 11.2. The summed E-state index contributed by atoms with van der Waals surface area (Å²) in [5.41, 5.74) is 2.82. The van der Waals surface area contributed by atoms with Gasteiger partial charge in [-0.25, -0.2) is 14.8 Å². The highest BCUT2D eigenvalue weighted by atomic mass is 35.5. The Hall–Kier alpha value is -4.11. The molecule has 0 spiro atoms. The highest BCUT2D eigenvalue weighted by Gasteiger charge is 2.36. The lowest BCUT2D eigenvalue weighted by molar-refractivity contribution is -0.147. The first-order valence-corrected chi connectivity index (χ1v) is 13.5. The van der Waals surface area contributed by atoms with Crippen molar-refractivity contribution in [3.05, 3.63) is 72.0 Å². The third kappa shape index (κ3) is 5.89. The number of carbonyl (C=O) groups is 2. The number of carbonyl (C=O) groups excluding carboxylic acids is 2. The van der Waals surface area contributed by atoms with Gasteiger partial charge >= 0.3 is 12.1 Å². The number of para-hydroxylation sites is 2. The first-order valence-electron chi connectivity index (χ1n) is 13.1. The molecule has 0 saturated carbocycles. The molecule has 1 amide bonds. The van der Waals surface area contributed by atoms with Crippen molar-refractivity contribution in [3.63, 3.8) is 0 Å². The van der Waals surface area contributed by atoms with Crippen LogP contribution in [-0.2, 0) is 14.3 Å². The minimum atomic E-state index is -0.661. The van der Waals surface area contributed by atoms with Crippen LogP contribution in [0.25, 0.3) is 27.8 Å². The fraction of sp³-hybridized carbons (Fsp3) is 0.333. The Morgan fingerprint density at radius 1 is 1.05 bits per heavy atom. The van der Waals surface area contributed by atoms with Crippen molar-refractivity contribution in [2.24, 2.45) is 5.92 Å². The number of ether oxygens (including phenoxy) is 2. The molecule has 0 radical (unpaired) electrons. The molecular formula is C30H32ClN5O4. The van der Waals surface area contributed by atoms with E-state index >= 15 is 0 Å². The fourth-order valence-electron chi connectivity index (χ4n) is 5.00. The molecule has 40 heavy (non-hydrogen) atoms. The van der Waals surface area contributed by atoms with Crippen LogP contribution in [0.3, 0.4) is 0 Å². The third-order valence-electron chi connectivity index (χ3n) is 6.72. The average Bonchev–Trinajstić information content (AvgIpc) is 3.32. The predicted octanol–water partition coefficient (Wildman–Crippen LogP) is 5.95. The van der Waals surface area contributed by atoms with E-state index in [0.717, 1.165) is 22.2 Å². The van der Waals surface area contributed by atoms with Crippen LogP contribution in [0.15, 0.2) is 67.0 Å². The number of anilines is 1. The standard InChI is InChI=1S/C30H32ClN5O4/c1-30(2,3)40-29(38)35-16-19(27(37)39-4)14-20(17-35)33-28-32-15-24(31)26(34-28)23-18-36(21-10-6-5-7-11-21)25-13-9-8-12-22(23)25/h5-13,15,18-20H,14,16-17H2,1-4H3,(H,32,33,34). The number of aromatic nitrogens is 3. The number of nitrogens with one attached hydrogen (secondary N) is 1. The van der Waals surface area contributed by atoms with E-state index in [1.54, 1.807) is 27.0 Å². The number of likely N-dealkylation sites (tertiary alicyclic amines) is 1. The van der Waals surface area contributed by atoms with Gasteiger partial charge in [-0.1, -0.05) is 48.0 Å². The highest BCUT2D eigenvalue weighted by molar-refractivity contribution is 6.33. The predicted molar refractivity (Wildman–Crippen MR) is 155 cm³/mol. The Morgan fingerprint density at radius 2 is 1.77 bits per heavy atom. The van der Waals surface area contributed by atoms with Gasteiger partial charge in [-0.05, 0) is 45.4 Å². The molecule has 10 heteroatoms. The van der Waals surface area contributed by atoms with E-state index < -0.39 is 17.6 Å². The molecule has 4 aromatic rings. The number of piperidine rings is 1. The lowest BCUT2D eigenvalue weighted by atomic mass is 9.94. The summed E-state index contributed by atoms with van der Waals surface area (Å²) in [5, 5.41) is 4.72. The van der Waals surface area contributed by atoms with Crippen molar-refractivity contribution in [1.29, 1.82) is 0 Å². The van der Waals surface area contributed by atoms with E-state index in [4.69, 9.17) is 26.1 Å². The molecule has 2 aromatic heterocycles. The number of esters is 1. The van der Waals surface area contributed by atoms with Crippen molar-refractivity contribution in [2.45, 2.75) is 38.8 Å². The smallest absolute Gasteiger partial charge is 0.410 e. The number of rotatable bonds is 5. The monoisotopic (exact) mass is 561 g/mol. The normalized spacial score (nSPS) is 17.5. The molecule has 3 heterocycles. The molecule has 0 bridgehead atoms. The maximum atomic E-state index is 12.9. The summed E-state index contributed by atoms with van der Waals surface area (Å²) < 4.78 is 12.7. The van der Waals surface area contributed by atoms with E-state index in [2.05, 4.69) is 20.9 Å². The summed E-state index contributed by atoms with van der Waals surface area (Å²) >= 11 is 6.65. The fourth-order valence-corrected chi connectivity index (χ4v) is 5.19. The van der Waals surface area contributed by atoms with Gasteiger partial charge < -0.3 is 24.3 Å². The number of hydrogen-bond donors (Lipinski definition) is 1. The summed E-state index contributed by atoms with van der Waals surface area (Å²) in [4.78, 5) is 36.1. The number of methoxy groups -OCH3 is 1. The second-order valence-electron chi connectivity index (χ2n) is 10.8. The third-order valence-corrected chi connectivity index (χ3v) is 6.99. The summed E-state index contributed by atoms with van der Waals surface area (Å²) in [5.74, 6) is -0.554. The molecule has 2 atom stereocenters. The van der Waals surface area contributed by atoms with Crippen molar-refractivity contribution in [2.75, 3.05) is 25.5 Å². The van der Waals surface area contributed by atoms with E-state index in [1.807, 2.05) is 54.7 Å². The highest BCUT2D eigenvalue weighted by Crippen LogP contribution is 2.35. The van der Waals surface area contributed by atoms with Gasteiger partial charge in [-0.15, -0.1) is 0 Å². The summed E-state index contributed by atoms with van der Waals surface area (Å²) in [7, 11) is 1.34. The van der Waals surface area contributed by atoms with Crippen LogP contribution in [0, 0.1) is 5.92 Å². The zero-order valence-electron chi connectivity index (χ0n) is 22.9. The molecule has 1 N–H and O–H groups in total. The Kier molecular flexibility index (Phi) is 7.67. The number of hydrogen-bond acceptors (Lipinski definition) is 7. The van der Waals surface area contributed by atoms with Crippen molar-refractivity contribution < 1.29 is 19.1 Å². The Balaban J connectivity index is 1.46. The van der Waals surface area contributed by atoms with Crippen LogP contribution in [0.1, 0.15) is 27.2 Å². The van der Waals surface area contributed by atoms with Gasteiger partial charge in [0.05, 0.1) is 35.5 Å². The molecule has 2 aromatic carbocycles. The average molecular weight is 562 g/mol. The molecule has 1 fully saturated rings. The SMILES string of the molecule is COC(=O)C1CC(Nc2ncc(Cl)c(-c3cn(-c4ccccc4)c4ccccc34)n2)CN(C(=O)OC(C)(C)C)C1. The van der Waals surface area contributed by atoms with E-state index in [1.165, 1.54) is 12.0 Å². The lowest BCUT2D eigenvalue weighted by Gasteiger charge is -2.37. The molecule has 9 nitrogen and oxygen atoms in total. The molecule has 1 saturated heterocycles. The van der Waals surface area contributed by atoms with Gasteiger partial charge in [-0.2, -0.15) is 0 Å². The van der Waals surface area contributed by atoms with Gasteiger partial charge in [0.25, 0.3) is 0 Å². The Labute approximate surface area is 238 Å². The zero-order valence-corrected chi connectivity index (χ0v) is 23.7. The van der Waals surface area contributed by atoms with Crippen LogP contribution in [-0.4, -0.2) is 63.3 Å². The molecule has 208 valence electrons.